The second kappa shape index (κ2) is 9.20. The van der Waals surface area contributed by atoms with Crippen LogP contribution < -0.4 is 16.8 Å². The maximum Gasteiger partial charge on any atom is 0.271 e. The number of phenolic OH excluding ortho intramolecular Hbond substituents is 1. The number of carbonyl (C=O) groups excluding carboxylic acids is 3. The van der Waals surface area contributed by atoms with Gasteiger partial charge in [-0.1, -0.05) is 42.5 Å². The third-order valence-electron chi connectivity index (χ3n) is 4.89. The number of imidazole rings is 1. The SMILES string of the molecule is NC(=O)Cn1cnc(C(N)=O)c1/N=N/c1c(O)c(C(=O)Nc2ccccc2)cc2ccccc12. The average Bonchev–Trinajstić information content (AvgIpc) is 3.20. The van der Waals surface area contributed by atoms with E-state index in [9.17, 15) is 19.5 Å². The van der Waals surface area contributed by atoms with Crippen molar-refractivity contribution in [3.05, 3.63) is 78.2 Å². The minimum atomic E-state index is -0.887. The largest absolute Gasteiger partial charge is 0.505 e. The molecule has 11 nitrogen and oxygen atoms in total. The molecule has 0 aliphatic rings. The van der Waals surface area contributed by atoms with Crippen LogP contribution in [0.15, 0.2) is 77.2 Å². The number of azo groups is 1. The van der Waals surface area contributed by atoms with Crippen molar-refractivity contribution < 1.29 is 19.5 Å². The number of aromatic hydroxyl groups is 1. The molecule has 0 radical (unpaired) electrons. The molecule has 0 saturated heterocycles. The predicted octanol–water partition coefficient (Wildman–Crippen LogP) is 2.99. The molecule has 0 fully saturated rings. The zero-order valence-electron chi connectivity index (χ0n) is 17.7. The van der Waals surface area contributed by atoms with Gasteiger partial charge >= 0.3 is 0 Å². The first kappa shape index (κ1) is 22.1. The second-order valence-corrected chi connectivity index (χ2v) is 7.24. The summed E-state index contributed by atoms with van der Waals surface area (Å²) < 4.78 is 1.21. The van der Waals surface area contributed by atoms with Gasteiger partial charge in [-0.2, -0.15) is 0 Å². The molecule has 6 N–H and O–H groups in total. The van der Waals surface area contributed by atoms with E-state index in [0.717, 1.165) is 0 Å². The van der Waals surface area contributed by atoms with Crippen LogP contribution in [-0.2, 0) is 11.3 Å². The molecule has 4 rings (SSSR count). The number of nitrogens with one attached hydrogen (secondary N) is 1. The molecular formula is C23H19N7O4. The van der Waals surface area contributed by atoms with Gasteiger partial charge in [-0.25, -0.2) is 4.98 Å². The lowest BCUT2D eigenvalue weighted by molar-refractivity contribution is -0.118. The Kier molecular flexibility index (Phi) is 5.99. The van der Waals surface area contributed by atoms with Crippen molar-refractivity contribution in [1.29, 1.82) is 0 Å². The number of benzene rings is 3. The molecule has 11 heteroatoms. The zero-order valence-corrected chi connectivity index (χ0v) is 17.7. The van der Waals surface area contributed by atoms with Crippen molar-refractivity contribution in [3.63, 3.8) is 0 Å². The number of fused-ring (bicyclic) bond motifs is 1. The molecule has 1 heterocycles. The van der Waals surface area contributed by atoms with Crippen LogP contribution in [-0.4, -0.2) is 32.4 Å². The number of nitrogens with two attached hydrogens (primary N) is 2. The van der Waals surface area contributed by atoms with Crippen molar-refractivity contribution in [2.45, 2.75) is 6.54 Å². The molecule has 3 amide bonds. The maximum absolute atomic E-state index is 12.9. The molecule has 0 saturated carbocycles. The Hall–Kier alpha value is -5.06. The Balaban J connectivity index is 1.82. The normalized spacial score (nSPS) is 11.1. The topological polar surface area (TPSA) is 178 Å². The first-order chi connectivity index (χ1) is 16.3. The second-order valence-electron chi connectivity index (χ2n) is 7.24. The Morgan fingerprint density at radius 2 is 1.71 bits per heavy atom. The fourth-order valence-corrected chi connectivity index (χ4v) is 3.35. The van der Waals surface area contributed by atoms with E-state index >= 15 is 0 Å². The summed E-state index contributed by atoms with van der Waals surface area (Å²) in [4.78, 5) is 39.9. The molecule has 0 bridgehead atoms. The van der Waals surface area contributed by atoms with E-state index in [1.54, 1.807) is 48.5 Å². The Bertz CT molecular complexity index is 1440. The summed E-state index contributed by atoms with van der Waals surface area (Å²) in [6.45, 7) is -0.319. The lowest BCUT2D eigenvalue weighted by atomic mass is 10.0. The molecule has 0 spiro atoms. The number of carbonyl (C=O) groups is 3. The number of primary amides is 2. The van der Waals surface area contributed by atoms with Gasteiger partial charge in [0.1, 0.15) is 12.2 Å². The van der Waals surface area contributed by atoms with E-state index < -0.39 is 23.5 Å². The summed E-state index contributed by atoms with van der Waals surface area (Å²) in [5.41, 5.74) is 10.9. The summed E-state index contributed by atoms with van der Waals surface area (Å²) in [5.74, 6) is -2.67. The summed E-state index contributed by atoms with van der Waals surface area (Å²) >= 11 is 0. The Morgan fingerprint density at radius 1 is 1.00 bits per heavy atom. The first-order valence-electron chi connectivity index (χ1n) is 10.0. The van der Waals surface area contributed by atoms with Crippen LogP contribution in [0.4, 0.5) is 17.2 Å². The number of amides is 3. The molecule has 0 aliphatic carbocycles. The van der Waals surface area contributed by atoms with Gasteiger partial charge in [0.05, 0.1) is 11.9 Å². The number of hydrogen-bond donors (Lipinski definition) is 4. The minimum absolute atomic E-state index is 0.0152. The lowest BCUT2D eigenvalue weighted by Crippen LogP contribution is -2.18. The highest BCUT2D eigenvalue weighted by atomic mass is 16.3. The minimum Gasteiger partial charge on any atom is -0.505 e. The van der Waals surface area contributed by atoms with Crippen molar-refractivity contribution in [3.8, 4) is 5.75 Å². The number of phenols is 1. The molecule has 3 aromatic carbocycles. The van der Waals surface area contributed by atoms with Crippen LogP contribution in [0.2, 0.25) is 0 Å². The molecular weight excluding hydrogens is 438 g/mol. The number of aromatic nitrogens is 2. The van der Waals surface area contributed by atoms with Crippen molar-refractivity contribution in [1.82, 2.24) is 9.55 Å². The highest BCUT2D eigenvalue weighted by Gasteiger charge is 2.20. The van der Waals surface area contributed by atoms with E-state index in [-0.39, 0.29) is 29.3 Å². The van der Waals surface area contributed by atoms with E-state index in [1.807, 2.05) is 6.07 Å². The monoisotopic (exact) mass is 457 g/mol. The van der Waals surface area contributed by atoms with E-state index in [0.29, 0.717) is 16.5 Å². The number of hydrogen-bond acceptors (Lipinski definition) is 7. The number of para-hydroxylation sites is 1. The standard InChI is InChI=1S/C23H19N7O4/c24-17(31)11-30-12-26-19(21(25)33)22(30)29-28-18-15-9-5-4-6-13(15)10-16(20(18)32)23(34)27-14-7-2-1-3-8-14/h1-10,12,32H,11H2,(H2,24,31)(H2,25,33)(H,27,34)/b29-28+. The first-order valence-corrected chi connectivity index (χ1v) is 10.0. The zero-order chi connectivity index (χ0) is 24.2. The lowest BCUT2D eigenvalue weighted by Gasteiger charge is -2.11. The number of nitrogens with zero attached hydrogens (tertiary/aromatic N) is 4. The molecule has 170 valence electrons. The van der Waals surface area contributed by atoms with Crippen molar-refractivity contribution >= 4 is 45.7 Å². The van der Waals surface area contributed by atoms with Gasteiger partial charge in [0.2, 0.25) is 5.91 Å². The molecule has 0 unspecified atom stereocenters. The van der Waals surface area contributed by atoms with Crippen molar-refractivity contribution in [2.75, 3.05) is 5.32 Å². The Morgan fingerprint density at radius 3 is 2.41 bits per heavy atom. The van der Waals surface area contributed by atoms with Crippen molar-refractivity contribution in [2.24, 2.45) is 21.7 Å². The van der Waals surface area contributed by atoms with Gasteiger partial charge in [0, 0.05) is 11.1 Å². The summed E-state index contributed by atoms with van der Waals surface area (Å²) in [5, 5.41) is 22.9. The molecule has 1 aromatic heterocycles. The smallest absolute Gasteiger partial charge is 0.271 e. The fraction of sp³-hybridized carbons (Fsp3) is 0.0435. The number of anilines is 1. The van der Waals surface area contributed by atoms with Crippen LogP contribution in [0, 0.1) is 0 Å². The van der Waals surface area contributed by atoms with E-state index in [2.05, 4.69) is 20.5 Å². The van der Waals surface area contributed by atoms with Gasteiger partial charge in [0.25, 0.3) is 11.8 Å². The molecule has 34 heavy (non-hydrogen) atoms. The van der Waals surface area contributed by atoms with E-state index in [1.165, 1.54) is 17.0 Å². The highest BCUT2D eigenvalue weighted by molar-refractivity contribution is 6.11. The average molecular weight is 457 g/mol. The van der Waals surface area contributed by atoms with Gasteiger partial charge in [-0.15, -0.1) is 10.2 Å². The van der Waals surface area contributed by atoms with Gasteiger partial charge in [0.15, 0.2) is 17.3 Å². The third kappa shape index (κ3) is 4.43. The summed E-state index contributed by atoms with van der Waals surface area (Å²) in [6.07, 6.45) is 1.18. The quantitative estimate of drug-likeness (QED) is 0.311. The van der Waals surface area contributed by atoms with Crippen LogP contribution in [0.1, 0.15) is 20.8 Å². The molecule has 0 aliphatic heterocycles. The predicted molar refractivity (Wildman–Crippen MR) is 124 cm³/mol. The maximum atomic E-state index is 12.9. The fourth-order valence-electron chi connectivity index (χ4n) is 3.35. The Labute approximate surface area is 192 Å². The van der Waals surface area contributed by atoms with Crippen LogP contribution >= 0.6 is 0 Å². The molecule has 4 aromatic rings. The molecule has 0 atom stereocenters. The highest BCUT2D eigenvalue weighted by Crippen LogP contribution is 2.39. The summed E-state index contributed by atoms with van der Waals surface area (Å²) in [6, 6.07) is 17.2. The van der Waals surface area contributed by atoms with Crippen LogP contribution in [0.3, 0.4) is 0 Å². The van der Waals surface area contributed by atoms with Gasteiger partial charge in [-0.05, 0) is 23.6 Å². The van der Waals surface area contributed by atoms with Crippen LogP contribution in [0.25, 0.3) is 10.8 Å². The third-order valence-corrected chi connectivity index (χ3v) is 4.89. The van der Waals surface area contributed by atoms with Gasteiger partial charge in [-0.3, -0.25) is 14.4 Å². The van der Waals surface area contributed by atoms with Crippen LogP contribution in [0.5, 0.6) is 5.75 Å². The summed E-state index contributed by atoms with van der Waals surface area (Å²) in [7, 11) is 0. The number of rotatable bonds is 7. The van der Waals surface area contributed by atoms with Gasteiger partial charge < -0.3 is 26.5 Å². The van der Waals surface area contributed by atoms with E-state index in [4.69, 9.17) is 11.5 Å².